The molecular weight excluding hydrogens is 258 g/mol. The molecule has 0 aliphatic carbocycles. The van der Waals surface area contributed by atoms with Crippen molar-refractivity contribution in [2.45, 2.75) is 0 Å². The van der Waals surface area contributed by atoms with Gasteiger partial charge in [0.1, 0.15) is 0 Å². The van der Waals surface area contributed by atoms with Gasteiger partial charge >= 0.3 is 17.5 Å². The Labute approximate surface area is 105 Å². The van der Waals surface area contributed by atoms with Gasteiger partial charge in [-0.05, 0) is 12.1 Å². The summed E-state index contributed by atoms with van der Waals surface area (Å²) in [6.07, 6.45) is 0. The Morgan fingerprint density at radius 1 is 1.47 bits per heavy atom. The molecule has 0 amide bonds. The van der Waals surface area contributed by atoms with E-state index in [2.05, 4.69) is 10.2 Å². The van der Waals surface area contributed by atoms with Crippen molar-refractivity contribution in [1.29, 1.82) is 0 Å². The molecule has 1 aromatic heterocycles. The average Bonchev–Trinajstić information content (AvgIpc) is 2.87. The first-order chi connectivity index (χ1) is 9.02. The quantitative estimate of drug-likeness (QED) is 0.647. The molecule has 2 rings (SSSR count). The van der Waals surface area contributed by atoms with Crippen LogP contribution in [-0.4, -0.2) is 33.3 Å². The average molecular weight is 265 g/mol. The van der Waals surface area contributed by atoms with Crippen LogP contribution in [0.3, 0.4) is 0 Å². The summed E-state index contributed by atoms with van der Waals surface area (Å²) >= 11 is 0. The summed E-state index contributed by atoms with van der Waals surface area (Å²) in [5.41, 5.74) is -0.0532. The van der Waals surface area contributed by atoms with Gasteiger partial charge in [0.25, 0.3) is 0 Å². The number of methoxy groups -OCH3 is 1. The van der Waals surface area contributed by atoms with Crippen LogP contribution in [0.15, 0.2) is 22.6 Å². The summed E-state index contributed by atoms with van der Waals surface area (Å²) in [5, 5.41) is 26.3. The van der Waals surface area contributed by atoms with E-state index in [0.717, 1.165) is 6.07 Å². The third-order valence-electron chi connectivity index (χ3n) is 2.23. The molecule has 0 saturated heterocycles. The molecule has 0 spiro atoms. The molecule has 9 nitrogen and oxygen atoms in total. The second-order valence-electron chi connectivity index (χ2n) is 3.36. The van der Waals surface area contributed by atoms with Gasteiger partial charge in [-0.3, -0.25) is 10.1 Å². The van der Waals surface area contributed by atoms with Gasteiger partial charge < -0.3 is 14.3 Å². The number of aromatic carboxylic acids is 1. The van der Waals surface area contributed by atoms with Crippen molar-refractivity contribution in [2.24, 2.45) is 0 Å². The van der Waals surface area contributed by atoms with Crippen LogP contribution in [0.25, 0.3) is 11.5 Å². The maximum atomic E-state index is 10.8. The van der Waals surface area contributed by atoms with Crippen molar-refractivity contribution in [2.75, 3.05) is 7.11 Å². The Hall–Kier alpha value is -2.97. The lowest BCUT2D eigenvalue weighted by Crippen LogP contribution is -1.95. The summed E-state index contributed by atoms with van der Waals surface area (Å²) in [6.45, 7) is 0. The molecule has 0 aliphatic rings. The SMILES string of the molecule is COc1ccc(-c2nnc(C(=O)O)o2)cc1[N+](=O)[O-]. The number of aromatic nitrogens is 2. The third kappa shape index (κ3) is 2.34. The number of hydrogen-bond donors (Lipinski definition) is 1. The maximum absolute atomic E-state index is 10.8. The van der Waals surface area contributed by atoms with Crippen LogP contribution in [0.5, 0.6) is 5.75 Å². The van der Waals surface area contributed by atoms with Crippen LogP contribution in [0.4, 0.5) is 5.69 Å². The molecule has 2 aromatic rings. The number of rotatable bonds is 4. The first-order valence-corrected chi connectivity index (χ1v) is 4.92. The first-order valence-electron chi connectivity index (χ1n) is 4.92. The van der Waals surface area contributed by atoms with Gasteiger partial charge in [0, 0.05) is 11.6 Å². The van der Waals surface area contributed by atoms with Crippen LogP contribution in [0.2, 0.25) is 0 Å². The lowest BCUT2D eigenvalue weighted by atomic mass is 10.2. The Bertz CT molecular complexity index is 650. The number of nitro benzene ring substituents is 1. The van der Waals surface area contributed by atoms with Gasteiger partial charge in [-0.15, -0.1) is 10.2 Å². The van der Waals surface area contributed by atoms with E-state index in [1.54, 1.807) is 0 Å². The minimum absolute atomic E-state index is 0.0757. The van der Waals surface area contributed by atoms with Gasteiger partial charge in [-0.25, -0.2) is 4.79 Å². The molecule has 0 bridgehead atoms. The molecule has 1 heterocycles. The van der Waals surface area contributed by atoms with Gasteiger partial charge in [-0.1, -0.05) is 0 Å². The van der Waals surface area contributed by atoms with Crippen molar-refractivity contribution >= 4 is 11.7 Å². The highest BCUT2D eigenvalue weighted by Crippen LogP contribution is 2.31. The largest absolute Gasteiger partial charge is 0.490 e. The molecule has 1 aromatic carbocycles. The molecule has 19 heavy (non-hydrogen) atoms. The predicted molar refractivity (Wildman–Crippen MR) is 59.9 cm³/mol. The number of benzene rings is 1. The van der Waals surface area contributed by atoms with Crippen molar-refractivity contribution in [3.63, 3.8) is 0 Å². The van der Waals surface area contributed by atoms with Gasteiger partial charge in [0.05, 0.1) is 12.0 Å². The number of carbonyl (C=O) groups is 1. The Balaban J connectivity index is 2.47. The van der Waals surface area contributed by atoms with Crippen molar-refractivity contribution in [1.82, 2.24) is 10.2 Å². The van der Waals surface area contributed by atoms with E-state index in [1.165, 1.54) is 19.2 Å². The molecule has 0 radical (unpaired) electrons. The number of carboxylic acid groups (broad SMARTS) is 1. The Morgan fingerprint density at radius 2 is 2.21 bits per heavy atom. The fourth-order valence-corrected chi connectivity index (χ4v) is 1.39. The summed E-state index contributed by atoms with van der Waals surface area (Å²) in [6, 6.07) is 3.97. The highest BCUT2D eigenvalue weighted by atomic mass is 16.6. The summed E-state index contributed by atoms with van der Waals surface area (Å²) in [5.74, 6) is -2.01. The minimum Gasteiger partial charge on any atom is -0.490 e. The second-order valence-corrected chi connectivity index (χ2v) is 3.36. The molecular formula is C10H7N3O6. The lowest BCUT2D eigenvalue weighted by Gasteiger charge is -2.02. The molecule has 0 unspecified atom stereocenters. The van der Waals surface area contributed by atoms with Crippen LogP contribution in [0, 0.1) is 10.1 Å². The monoisotopic (exact) mass is 265 g/mol. The number of hydrogen-bond acceptors (Lipinski definition) is 7. The first kappa shape index (κ1) is 12.5. The van der Waals surface area contributed by atoms with E-state index in [1.807, 2.05) is 0 Å². The standard InChI is InChI=1S/C10H7N3O6/c1-18-7-3-2-5(4-6(7)13(16)17)8-11-12-9(19-8)10(14)15/h2-4H,1H3,(H,14,15). The van der Waals surface area contributed by atoms with Crippen LogP contribution < -0.4 is 4.74 Å². The summed E-state index contributed by atoms with van der Waals surface area (Å²) < 4.78 is 9.69. The Morgan fingerprint density at radius 3 is 2.74 bits per heavy atom. The smallest absolute Gasteiger partial charge is 0.393 e. The minimum atomic E-state index is -1.37. The zero-order valence-corrected chi connectivity index (χ0v) is 9.56. The van der Waals surface area contributed by atoms with Crippen molar-refractivity contribution in [3.05, 3.63) is 34.2 Å². The van der Waals surface area contributed by atoms with E-state index < -0.39 is 16.8 Å². The second kappa shape index (κ2) is 4.72. The molecule has 98 valence electrons. The lowest BCUT2D eigenvalue weighted by molar-refractivity contribution is -0.385. The number of carboxylic acids is 1. The molecule has 9 heteroatoms. The summed E-state index contributed by atoms with van der Waals surface area (Å²) in [7, 11) is 1.30. The predicted octanol–water partition coefficient (Wildman–Crippen LogP) is 1.35. The van der Waals surface area contributed by atoms with Gasteiger partial charge in [0.2, 0.25) is 5.89 Å². The van der Waals surface area contributed by atoms with E-state index in [-0.39, 0.29) is 22.9 Å². The van der Waals surface area contributed by atoms with Crippen LogP contribution in [-0.2, 0) is 0 Å². The summed E-state index contributed by atoms with van der Waals surface area (Å²) in [4.78, 5) is 20.8. The van der Waals surface area contributed by atoms with E-state index >= 15 is 0 Å². The van der Waals surface area contributed by atoms with Crippen LogP contribution >= 0.6 is 0 Å². The third-order valence-corrected chi connectivity index (χ3v) is 2.23. The number of nitrogens with zero attached hydrogens (tertiary/aromatic N) is 3. The topological polar surface area (TPSA) is 129 Å². The fourth-order valence-electron chi connectivity index (χ4n) is 1.39. The van der Waals surface area contributed by atoms with Crippen LogP contribution in [0.1, 0.15) is 10.7 Å². The van der Waals surface area contributed by atoms with Gasteiger partial charge in [0.15, 0.2) is 5.75 Å². The van der Waals surface area contributed by atoms with E-state index in [4.69, 9.17) is 14.3 Å². The highest BCUT2D eigenvalue weighted by molar-refractivity contribution is 5.82. The molecule has 0 atom stereocenters. The van der Waals surface area contributed by atoms with Gasteiger partial charge in [-0.2, -0.15) is 0 Å². The number of ether oxygens (including phenoxy) is 1. The maximum Gasteiger partial charge on any atom is 0.393 e. The molecule has 0 saturated carbocycles. The normalized spacial score (nSPS) is 10.2. The number of nitro groups is 1. The zero-order valence-electron chi connectivity index (χ0n) is 9.56. The van der Waals surface area contributed by atoms with E-state index in [9.17, 15) is 14.9 Å². The van der Waals surface area contributed by atoms with Crippen molar-refractivity contribution < 1.29 is 24.0 Å². The zero-order chi connectivity index (χ0) is 14.0. The molecule has 0 fully saturated rings. The Kier molecular flexibility index (Phi) is 3.10. The molecule has 0 aliphatic heterocycles. The van der Waals surface area contributed by atoms with Crippen molar-refractivity contribution in [3.8, 4) is 17.2 Å². The highest BCUT2D eigenvalue weighted by Gasteiger charge is 2.19. The molecule has 1 N–H and O–H groups in total. The fraction of sp³-hybridized carbons (Fsp3) is 0.100. The van der Waals surface area contributed by atoms with E-state index in [0.29, 0.717) is 0 Å².